The molecular formula is C9H13ClN2OS. The van der Waals surface area contributed by atoms with Gasteiger partial charge in [-0.25, -0.2) is 4.98 Å². The number of aromatic nitrogens is 1. The Balaban J connectivity index is 2.65. The molecule has 1 unspecified atom stereocenters. The normalized spacial score (nSPS) is 12.6. The van der Waals surface area contributed by atoms with E-state index in [0.717, 1.165) is 5.01 Å². The second kappa shape index (κ2) is 4.75. The van der Waals surface area contributed by atoms with Crippen molar-refractivity contribution < 1.29 is 4.79 Å². The number of nitrogens with zero attached hydrogens (tertiary/aromatic N) is 2. The summed E-state index contributed by atoms with van der Waals surface area (Å²) < 4.78 is 0. The van der Waals surface area contributed by atoms with Crippen LogP contribution in [0, 0.1) is 6.92 Å². The molecule has 0 N–H and O–H groups in total. The lowest BCUT2D eigenvalue weighted by molar-refractivity contribution is 0.0800. The van der Waals surface area contributed by atoms with Gasteiger partial charge in [0.1, 0.15) is 4.88 Å². The highest BCUT2D eigenvalue weighted by molar-refractivity contribution is 7.13. The third-order valence-corrected chi connectivity index (χ3v) is 2.74. The van der Waals surface area contributed by atoms with E-state index in [1.54, 1.807) is 18.1 Å². The molecule has 0 radical (unpaired) electrons. The molecule has 0 aliphatic heterocycles. The molecule has 0 aromatic carbocycles. The Hall–Kier alpha value is -0.610. The first-order chi connectivity index (χ1) is 6.50. The van der Waals surface area contributed by atoms with Gasteiger partial charge in [0.15, 0.2) is 0 Å². The lowest BCUT2D eigenvalue weighted by Gasteiger charge is -2.16. The molecule has 0 saturated carbocycles. The summed E-state index contributed by atoms with van der Waals surface area (Å²) in [5, 5.41) is 0.874. The summed E-state index contributed by atoms with van der Waals surface area (Å²) in [5.41, 5.74) is 0. The molecule has 0 bridgehead atoms. The number of hydrogen-bond donors (Lipinski definition) is 0. The zero-order valence-electron chi connectivity index (χ0n) is 8.45. The third kappa shape index (κ3) is 2.96. The number of hydrogen-bond acceptors (Lipinski definition) is 3. The molecular weight excluding hydrogens is 220 g/mol. The van der Waals surface area contributed by atoms with Crippen molar-refractivity contribution in [3.8, 4) is 0 Å². The lowest BCUT2D eigenvalue weighted by atomic mass is 10.4. The van der Waals surface area contributed by atoms with Crippen molar-refractivity contribution in [3.63, 3.8) is 0 Å². The molecule has 0 fully saturated rings. The van der Waals surface area contributed by atoms with Crippen LogP contribution in [0.15, 0.2) is 6.20 Å². The average molecular weight is 233 g/mol. The molecule has 1 aromatic rings. The number of thiazole rings is 1. The maximum absolute atomic E-state index is 11.7. The summed E-state index contributed by atoms with van der Waals surface area (Å²) in [7, 11) is 1.75. The van der Waals surface area contributed by atoms with Crippen molar-refractivity contribution in [3.05, 3.63) is 16.1 Å². The molecule has 1 rings (SSSR count). The van der Waals surface area contributed by atoms with E-state index in [-0.39, 0.29) is 11.3 Å². The molecule has 3 nitrogen and oxygen atoms in total. The van der Waals surface area contributed by atoms with Gasteiger partial charge in [-0.2, -0.15) is 0 Å². The standard InChI is InChI=1S/C9H13ClN2OS/c1-6(10)5-12(3)9(13)8-4-11-7(2)14-8/h4,6H,5H2,1-3H3. The van der Waals surface area contributed by atoms with Crippen LogP contribution >= 0.6 is 22.9 Å². The van der Waals surface area contributed by atoms with Crippen LogP contribution in [0.4, 0.5) is 0 Å². The van der Waals surface area contributed by atoms with Gasteiger partial charge in [-0.05, 0) is 13.8 Å². The van der Waals surface area contributed by atoms with E-state index in [4.69, 9.17) is 11.6 Å². The maximum Gasteiger partial charge on any atom is 0.265 e. The number of carbonyl (C=O) groups excluding carboxylic acids is 1. The number of rotatable bonds is 3. The number of halogens is 1. The number of aryl methyl sites for hydroxylation is 1. The Bertz CT molecular complexity index is 324. The topological polar surface area (TPSA) is 33.2 Å². The molecule has 5 heteroatoms. The minimum Gasteiger partial charge on any atom is -0.339 e. The van der Waals surface area contributed by atoms with Crippen molar-refractivity contribution in [1.82, 2.24) is 9.88 Å². The fourth-order valence-electron chi connectivity index (χ4n) is 1.11. The van der Waals surface area contributed by atoms with E-state index in [1.165, 1.54) is 11.3 Å². The van der Waals surface area contributed by atoms with Crippen LogP contribution in [0.5, 0.6) is 0 Å². The maximum atomic E-state index is 11.7. The molecule has 0 spiro atoms. The largest absolute Gasteiger partial charge is 0.339 e. The summed E-state index contributed by atoms with van der Waals surface area (Å²) in [6.07, 6.45) is 1.61. The van der Waals surface area contributed by atoms with Crippen LogP contribution in [0.25, 0.3) is 0 Å². The predicted octanol–water partition coefficient (Wildman–Crippen LogP) is 2.15. The monoisotopic (exact) mass is 232 g/mol. The Morgan fingerprint density at radius 2 is 2.43 bits per heavy atom. The number of carbonyl (C=O) groups is 1. The van der Waals surface area contributed by atoms with Gasteiger partial charge in [-0.1, -0.05) is 0 Å². The number of amides is 1. The summed E-state index contributed by atoms with van der Waals surface area (Å²) in [4.78, 5) is 18.1. The smallest absolute Gasteiger partial charge is 0.265 e. The first kappa shape index (κ1) is 11.5. The van der Waals surface area contributed by atoms with E-state index in [0.29, 0.717) is 11.4 Å². The molecule has 0 saturated heterocycles. The van der Waals surface area contributed by atoms with E-state index in [1.807, 2.05) is 13.8 Å². The number of alkyl halides is 1. The van der Waals surface area contributed by atoms with Gasteiger partial charge in [0.25, 0.3) is 5.91 Å². The van der Waals surface area contributed by atoms with E-state index < -0.39 is 0 Å². The van der Waals surface area contributed by atoms with Crippen molar-refractivity contribution in [2.24, 2.45) is 0 Å². The lowest BCUT2D eigenvalue weighted by Crippen LogP contribution is -2.30. The minimum atomic E-state index is -0.0297. The first-order valence-electron chi connectivity index (χ1n) is 4.32. The molecule has 1 heterocycles. The van der Waals surface area contributed by atoms with Gasteiger partial charge in [-0.3, -0.25) is 4.79 Å². The Morgan fingerprint density at radius 3 is 2.86 bits per heavy atom. The van der Waals surface area contributed by atoms with Gasteiger partial charge < -0.3 is 4.90 Å². The first-order valence-corrected chi connectivity index (χ1v) is 5.58. The van der Waals surface area contributed by atoms with Crippen LogP contribution in [-0.4, -0.2) is 34.8 Å². The average Bonchev–Trinajstić information content (AvgIpc) is 2.49. The molecule has 0 aliphatic carbocycles. The fraction of sp³-hybridized carbons (Fsp3) is 0.556. The Kier molecular flexibility index (Phi) is 3.89. The zero-order valence-corrected chi connectivity index (χ0v) is 10.0. The quantitative estimate of drug-likeness (QED) is 0.749. The highest BCUT2D eigenvalue weighted by atomic mass is 35.5. The Morgan fingerprint density at radius 1 is 1.79 bits per heavy atom. The highest BCUT2D eigenvalue weighted by Gasteiger charge is 2.15. The molecule has 1 atom stereocenters. The SMILES string of the molecule is Cc1ncc(C(=O)N(C)CC(C)Cl)s1. The van der Waals surface area contributed by atoms with Crippen LogP contribution in [0.3, 0.4) is 0 Å². The van der Waals surface area contributed by atoms with Crippen molar-refractivity contribution >= 4 is 28.8 Å². The summed E-state index contributed by atoms with van der Waals surface area (Å²) in [5.74, 6) is -0.0110. The molecule has 78 valence electrons. The summed E-state index contributed by atoms with van der Waals surface area (Å²) >= 11 is 7.21. The molecule has 14 heavy (non-hydrogen) atoms. The summed E-state index contributed by atoms with van der Waals surface area (Å²) in [6.45, 7) is 4.30. The van der Waals surface area contributed by atoms with Crippen molar-refractivity contribution in [2.75, 3.05) is 13.6 Å². The molecule has 1 aromatic heterocycles. The van der Waals surface area contributed by atoms with Crippen molar-refractivity contribution in [2.45, 2.75) is 19.2 Å². The van der Waals surface area contributed by atoms with E-state index in [9.17, 15) is 4.79 Å². The van der Waals surface area contributed by atoms with E-state index >= 15 is 0 Å². The zero-order chi connectivity index (χ0) is 10.7. The second-order valence-corrected chi connectivity index (χ2v) is 5.19. The van der Waals surface area contributed by atoms with Crippen LogP contribution in [0.1, 0.15) is 21.6 Å². The van der Waals surface area contributed by atoms with Crippen LogP contribution in [0.2, 0.25) is 0 Å². The van der Waals surface area contributed by atoms with Crippen LogP contribution in [-0.2, 0) is 0 Å². The fourth-order valence-corrected chi connectivity index (χ4v) is 2.09. The van der Waals surface area contributed by atoms with Gasteiger partial charge in [0.2, 0.25) is 0 Å². The van der Waals surface area contributed by atoms with Gasteiger partial charge >= 0.3 is 0 Å². The predicted molar refractivity (Wildman–Crippen MR) is 59.1 cm³/mol. The highest BCUT2D eigenvalue weighted by Crippen LogP contribution is 2.14. The van der Waals surface area contributed by atoms with Crippen molar-refractivity contribution in [1.29, 1.82) is 0 Å². The van der Waals surface area contributed by atoms with Crippen LogP contribution < -0.4 is 0 Å². The molecule has 1 amide bonds. The Labute approximate surface area is 92.7 Å². The van der Waals surface area contributed by atoms with Gasteiger partial charge in [0, 0.05) is 19.0 Å². The summed E-state index contributed by atoms with van der Waals surface area (Å²) in [6, 6.07) is 0. The second-order valence-electron chi connectivity index (χ2n) is 3.21. The third-order valence-electron chi connectivity index (χ3n) is 1.70. The van der Waals surface area contributed by atoms with Gasteiger partial charge in [-0.15, -0.1) is 22.9 Å². The van der Waals surface area contributed by atoms with Gasteiger partial charge in [0.05, 0.1) is 11.2 Å². The van der Waals surface area contributed by atoms with E-state index in [2.05, 4.69) is 4.98 Å². The minimum absolute atomic E-state index is 0.0110. The molecule has 0 aliphatic rings.